The Hall–Kier alpha value is -4.58. The maximum atomic E-state index is 12.6. The van der Waals surface area contributed by atoms with Crippen LogP contribution in [0.3, 0.4) is 0 Å². The molecule has 40 heavy (non-hydrogen) atoms. The lowest BCUT2D eigenvalue weighted by Gasteiger charge is -2.28. The molecule has 0 unspecified atom stereocenters. The zero-order valence-corrected chi connectivity index (χ0v) is 23.5. The number of ether oxygens (including phenoxy) is 3. The van der Waals surface area contributed by atoms with E-state index in [2.05, 4.69) is 37.1 Å². The number of carbonyl (C=O) groups is 3. The fraction of sp³-hybridized carbons (Fsp3) is 0.214. The van der Waals surface area contributed by atoms with Crippen molar-refractivity contribution in [2.75, 3.05) is 20.3 Å². The summed E-state index contributed by atoms with van der Waals surface area (Å²) in [5, 5.41) is 9.23. The van der Waals surface area contributed by atoms with Crippen LogP contribution in [0.25, 0.3) is 11.3 Å². The summed E-state index contributed by atoms with van der Waals surface area (Å²) in [5.74, 6) is 0.674. The van der Waals surface area contributed by atoms with E-state index in [9.17, 15) is 14.4 Å². The highest BCUT2D eigenvalue weighted by Crippen LogP contribution is 2.34. The first-order valence-electron chi connectivity index (χ1n) is 12.2. The lowest BCUT2D eigenvalue weighted by atomic mass is 9.95. The van der Waals surface area contributed by atoms with Crippen LogP contribution in [0, 0.1) is 0 Å². The molecule has 4 rings (SSSR count). The summed E-state index contributed by atoms with van der Waals surface area (Å²) in [7, 11) is 1.44. The van der Waals surface area contributed by atoms with Crippen LogP contribution in [0.5, 0.6) is 11.5 Å². The van der Waals surface area contributed by atoms with Gasteiger partial charge in [0.15, 0.2) is 18.1 Å². The number of benzene rings is 2. The van der Waals surface area contributed by atoms with Crippen LogP contribution in [-0.4, -0.2) is 44.4 Å². The van der Waals surface area contributed by atoms with Gasteiger partial charge in [0.2, 0.25) is 0 Å². The summed E-state index contributed by atoms with van der Waals surface area (Å²) in [4.78, 5) is 37.0. The van der Waals surface area contributed by atoms with Crippen molar-refractivity contribution in [2.45, 2.75) is 19.9 Å². The molecular weight excluding hydrogens is 584 g/mol. The number of hydrogen-bond acceptors (Lipinski definition) is 8. The van der Waals surface area contributed by atoms with Gasteiger partial charge in [0.1, 0.15) is 11.5 Å². The van der Waals surface area contributed by atoms with Crippen molar-refractivity contribution in [1.82, 2.24) is 16.1 Å². The molecule has 11 nitrogen and oxygen atoms in total. The van der Waals surface area contributed by atoms with Gasteiger partial charge in [-0.3, -0.25) is 4.79 Å². The average molecular weight is 611 g/mol. The second-order valence-electron chi connectivity index (χ2n) is 8.49. The van der Waals surface area contributed by atoms with Crippen LogP contribution >= 0.6 is 15.9 Å². The second-order valence-corrected chi connectivity index (χ2v) is 9.41. The van der Waals surface area contributed by atoms with Gasteiger partial charge in [-0.25, -0.2) is 15.0 Å². The van der Waals surface area contributed by atoms with Crippen molar-refractivity contribution in [1.29, 1.82) is 0 Å². The normalized spacial score (nSPS) is 14.9. The molecule has 0 aliphatic carbocycles. The predicted molar refractivity (Wildman–Crippen MR) is 150 cm³/mol. The first kappa shape index (κ1) is 28.4. The summed E-state index contributed by atoms with van der Waals surface area (Å²) in [6.45, 7) is 3.17. The van der Waals surface area contributed by atoms with Crippen molar-refractivity contribution in [3.8, 4) is 22.8 Å². The van der Waals surface area contributed by atoms with Gasteiger partial charge in [0, 0.05) is 15.7 Å². The Morgan fingerprint density at radius 2 is 1.90 bits per heavy atom. The lowest BCUT2D eigenvalue weighted by molar-refractivity contribution is -0.139. The Bertz CT molecular complexity index is 1460. The molecule has 0 radical (unpaired) electrons. The molecule has 2 heterocycles. The number of nitrogens with one attached hydrogen (secondary N) is 3. The fourth-order valence-electron chi connectivity index (χ4n) is 3.94. The number of methoxy groups -OCH3 is 1. The topological polar surface area (TPSA) is 140 Å². The zero-order chi connectivity index (χ0) is 28.6. The van der Waals surface area contributed by atoms with Crippen LogP contribution in [0.2, 0.25) is 0 Å². The molecule has 0 saturated heterocycles. The third-order valence-corrected chi connectivity index (χ3v) is 6.31. The molecule has 2 aromatic carbocycles. The Morgan fingerprint density at radius 1 is 1.12 bits per heavy atom. The monoisotopic (exact) mass is 610 g/mol. The molecule has 12 heteroatoms. The summed E-state index contributed by atoms with van der Waals surface area (Å²) in [6.07, 6.45) is 1.39. The van der Waals surface area contributed by atoms with Gasteiger partial charge in [0.25, 0.3) is 5.91 Å². The Labute approximate surface area is 238 Å². The molecule has 3 amide bonds. The number of allylic oxidation sites excluding steroid dienone is 1. The minimum atomic E-state index is -0.765. The summed E-state index contributed by atoms with van der Waals surface area (Å²) in [6, 6.07) is 14.9. The molecule has 1 aromatic heterocycles. The van der Waals surface area contributed by atoms with E-state index in [4.69, 9.17) is 18.6 Å². The van der Waals surface area contributed by atoms with Crippen molar-refractivity contribution >= 4 is 40.1 Å². The van der Waals surface area contributed by atoms with E-state index in [1.165, 1.54) is 13.3 Å². The van der Waals surface area contributed by atoms with Crippen molar-refractivity contribution in [2.24, 2.45) is 5.10 Å². The van der Waals surface area contributed by atoms with Gasteiger partial charge in [-0.2, -0.15) is 5.10 Å². The molecule has 0 bridgehead atoms. The number of hydrogen-bond donors (Lipinski definition) is 3. The zero-order valence-electron chi connectivity index (χ0n) is 21.9. The standard InChI is InChI=1S/C28H27BrN4O7/c1-4-38-27(35)25-16(2)31-28(36)32-26(25)18-7-11-22(23(13-18)37-3)39-15-24(34)33-30-14-20-10-12-21(40-20)17-5-8-19(29)9-6-17/h5-14,26H,4,15H2,1-3H3,(H,33,34)(H2,31,32,36)/b30-14-/t26-/m1/s1. The van der Waals surface area contributed by atoms with Crippen molar-refractivity contribution < 1.29 is 33.0 Å². The molecule has 0 spiro atoms. The maximum Gasteiger partial charge on any atom is 0.338 e. The molecule has 0 saturated carbocycles. The maximum absolute atomic E-state index is 12.6. The first-order valence-corrected chi connectivity index (χ1v) is 13.0. The third kappa shape index (κ3) is 6.89. The fourth-order valence-corrected chi connectivity index (χ4v) is 4.21. The van der Waals surface area contributed by atoms with Gasteiger partial charge < -0.3 is 29.3 Å². The van der Waals surface area contributed by atoms with E-state index in [0.717, 1.165) is 10.0 Å². The number of esters is 1. The number of carbonyl (C=O) groups excluding carboxylic acids is 3. The number of nitrogens with zero attached hydrogens (tertiary/aromatic N) is 1. The molecule has 1 aliphatic heterocycles. The number of amides is 3. The quantitative estimate of drug-likeness (QED) is 0.175. The molecular formula is C28H27BrN4O7. The van der Waals surface area contributed by atoms with Crippen LogP contribution < -0.4 is 25.5 Å². The van der Waals surface area contributed by atoms with E-state index < -0.39 is 23.9 Å². The number of furan rings is 1. The average Bonchev–Trinajstić information content (AvgIpc) is 3.40. The second kappa shape index (κ2) is 13.0. The highest BCUT2D eigenvalue weighted by molar-refractivity contribution is 9.10. The minimum absolute atomic E-state index is 0.188. The number of halogens is 1. The van der Waals surface area contributed by atoms with Gasteiger partial charge in [-0.05, 0) is 55.8 Å². The molecule has 208 valence electrons. The SMILES string of the molecule is CCOC(=O)C1=C(C)NC(=O)N[C@@H]1c1ccc(OCC(=O)N/N=C\c2ccc(-c3ccc(Br)cc3)o2)c(OC)c1. The molecule has 1 atom stereocenters. The first-order chi connectivity index (χ1) is 19.3. The highest BCUT2D eigenvalue weighted by atomic mass is 79.9. The number of rotatable bonds is 10. The van der Waals surface area contributed by atoms with Gasteiger partial charge in [-0.15, -0.1) is 0 Å². The van der Waals surface area contributed by atoms with E-state index >= 15 is 0 Å². The Kier molecular flexibility index (Phi) is 9.23. The van der Waals surface area contributed by atoms with Crippen LogP contribution in [0.1, 0.15) is 31.2 Å². The Balaban J connectivity index is 1.37. The summed E-state index contributed by atoms with van der Waals surface area (Å²) in [5.41, 5.74) is 4.52. The van der Waals surface area contributed by atoms with Crippen LogP contribution in [-0.2, 0) is 14.3 Å². The number of hydrazone groups is 1. The molecule has 0 fully saturated rings. The van der Waals surface area contributed by atoms with Crippen LogP contribution in [0.4, 0.5) is 4.79 Å². The van der Waals surface area contributed by atoms with E-state index in [-0.39, 0.29) is 24.5 Å². The van der Waals surface area contributed by atoms with Gasteiger partial charge in [0.05, 0.1) is 31.5 Å². The summed E-state index contributed by atoms with van der Waals surface area (Å²) >= 11 is 3.40. The van der Waals surface area contributed by atoms with Gasteiger partial charge >= 0.3 is 12.0 Å². The third-order valence-electron chi connectivity index (χ3n) is 5.78. The molecule has 3 N–H and O–H groups in total. The van der Waals surface area contributed by atoms with Crippen LogP contribution in [0.15, 0.2) is 79.9 Å². The Morgan fingerprint density at radius 3 is 2.62 bits per heavy atom. The largest absolute Gasteiger partial charge is 0.493 e. The predicted octanol–water partition coefficient (Wildman–Crippen LogP) is 4.44. The smallest absolute Gasteiger partial charge is 0.338 e. The summed E-state index contributed by atoms with van der Waals surface area (Å²) < 4.78 is 22.9. The lowest BCUT2D eigenvalue weighted by Crippen LogP contribution is -2.45. The van der Waals surface area contributed by atoms with Gasteiger partial charge in [-0.1, -0.05) is 34.1 Å². The minimum Gasteiger partial charge on any atom is -0.493 e. The highest BCUT2D eigenvalue weighted by Gasteiger charge is 2.32. The number of urea groups is 1. The van der Waals surface area contributed by atoms with E-state index in [1.807, 2.05) is 30.3 Å². The van der Waals surface area contributed by atoms with E-state index in [1.54, 1.807) is 38.1 Å². The van der Waals surface area contributed by atoms with E-state index in [0.29, 0.717) is 28.5 Å². The van der Waals surface area contributed by atoms with Crippen molar-refractivity contribution in [3.63, 3.8) is 0 Å². The van der Waals surface area contributed by atoms with Crippen molar-refractivity contribution in [3.05, 3.63) is 81.7 Å². The molecule has 1 aliphatic rings. The molecule has 3 aromatic rings.